The van der Waals surface area contributed by atoms with E-state index in [1.165, 1.54) is 0 Å². The number of nitrogens with one attached hydrogen (secondary N) is 1. The van der Waals surface area contributed by atoms with Crippen molar-refractivity contribution in [3.05, 3.63) is 80.1 Å². The van der Waals surface area contributed by atoms with Gasteiger partial charge in [-0.3, -0.25) is 9.59 Å². The van der Waals surface area contributed by atoms with E-state index in [9.17, 15) is 9.59 Å². The van der Waals surface area contributed by atoms with E-state index in [1.54, 1.807) is 24.3 Å². The van der Waals surface area contributed by atoms with Crippen molar-refractivity contribution < 1.29 is 9.21 Å². The van der Waals surface area contributed by atoms with Gasteiger partial charge in [-0.2, -0.15) is 0 Å². The Hall–Kier alpha value is -2.40. The quantitative estimate of drug-likeness (QED) is 0.727. The van der Waals surface area contributed by atoms with Gasteiger partial charge in [0.1, 0.15) is 5.58 Å². The first kappa shape index (κ1) is 13.3. The molecule has 0 radical (unpaired) electrons. The first-order chi connectivity index (χ1) is 10.6. The molecule has 1 aliphatic rings. The molecule has 2 heterocycles. The monoisotopic (exact) mass is 355 g/mol. The smallest absolute Gasteiger partial charge is 0.288 e. The maximum Gasteiger partial charge on any atom is 0.288 e. The maximum atomic E-state index is 12.8. The second-order valence-electron chi connectivity index (χ2n) is 5.13. The number of halogens is 1. The number of rotatable bonds is 1. The number of carbonyl (C=O) groups is 1. The van der Waals surface area contributed by atoms with E-state index in [0.29, 0.717) is 16.5 Å². The van der Waals surface area contributed by atoms with E-state index in [-0.39, 0.29) is 17.1 Å². The molecule has 0 fully saturated rings. The van der Waals surface area contributed by atoms with Gasteiger partial charge in [0.15, 0.2) is 5.43 Å². The summed E-state index contributed by atoms with van der Waals surface area (Å²) >= 11 is 3.41. The summed E-state index contributed by atoms with van der Waals surface area (Å²) in [7, 11) is 0. The molecule has 1 N–H and O–H groups in total. The predicted octanol–water partition coefficient (Wildman–Crippen LogP) is 3.39. The largest absolute Gasteiger partial charge is 0.450 e. The van der Waals surface area contributed by atoms with Gasteiger partial charge < -0.3 is 9.73 Å². The van der Waals surface area contributed by atoms with Crippen molar-refractivity contribution in [2.75, 3.05) is 0 Å². The standard InChI is InChI=1S/C17H10BrNO3/c18-10-5-3-4-9(8-10)14-13-15(20)11-6-1-2-7-12(11)22-16(13)17(21)19-14/h1-8,14H,(H,19,21). The fraction of sp³-hybridized carbons (Fsp3) is 0.0588. The van der Waals surface area contributed by atoms with Crippen molar-refractivity contribution in [3.63, 3.8) is 0 Å². The molecule has 1 amide bonds. The molecule has 0 bridgehead atoms. The molecule has 4 rings (SSSR count). The Kier molecular flexibility index (Phi) is 2.90. The third-order valence-electron chi connectivity index (χ3n) is 3.79. The van der Waals surface area contributed by atoms with Crippen LogP contribution in [0.25, 0.3) is 11.0 Å². The first-order valence-electron chi connectivity index (χ1n) is 6.77. The normalized spacial score (nSPS) is 16.6. The fourth-order valence-electron chi connectivity index (χ4n) is 2.79. The van der Waals surface area contributed by atoms with Gasteiger partial charge in [-0.25, -0.2) is 0 Å². The van der Waals surface area contributed by atoms with E-state index < -0.39 is 6.04 Å². The molecule has 108 valence electrons. The van der Waals surface area contributed by atoms with Crippen molar-refractivity contribution in [2.24, 2.45) is 0 Å². The number of amides is 1. The zero-order valence-electron chi connectivity index (χ0n) is 11.3. The van der Waals surface area contributed by atoms with Crippen LogP contribution in [-0.4, -0.2) is 5.91 Å². The van der Waals surface area contributed by atoms with Crippen LogP contribution in [0.2, 0.25) is 0 Å². The van der Waals surface area contributed by atoms with Crippen LogP contribution < -0.4 is 10.7 Å². The van der Waals surface area contributed by atoms with Gasteiger partial charge in [-0.1, -0.05) is 40.2 Å². The van der Waals surface area contributed by atoms with Crippen LogP contribution in [0.3, 0.4) is 0 Å². The van der Waals surface area contributed by atoms with Gasteiger partial charge in [0.05, 0.1) is 17.0 Å². The van der Waals surface area contributed by atoms with Gasteiger partial charge in [-0.15, -0.1) is 0 Å². The van der Waals surface area contributed by atoms with Crippen LogP contribution in [0, 0.1) is 0 Å². The number of hydrogen-bond donors (Lipinski definition) is 1. The highest BCUT2D eigenvalue weighted by atomic mass is 79.9. The summed E-state index contributed by atoms with van der Waals surface area (Å²) in [5, 5.41) is 3.31. The Morgan fingerprint density at radius 3 is 2.68 bits per heavy atom. The molecular formula is C17H10BrNO3. The number of fused-ring (bicyclic) bond motifs is 2. The molecule has 2 aromatic carbocycles. The van der Waals surface area contributed by atoms with Crippen LogP contribution in [0.5, 0.6) is 0 Å². The summed E-state index contributed by atoms with van der Waals surface area (Å²) in [4.78, 5) is 24.9. The minimum atomic E-state index is -0.485. The average Bonchev–Trinajstić information content (AvgIpc) is 2.85. The lowest BCUT2D eigenvalue weighted by Gasteiger charge is -2.11. The molecule has 0 saturated carbocycles. The van der Waals surface area contributed by atoms with Gasteiger partial charge >= 0.3 is 0 Å². The topological polar surface area (TPSA) is 59.3 Å². The molecule has 22 heavy (non-hydrogen) atoms. The second-order valence-corrected chi connectivity index (χ2v) is 6.05. The Balaban J connectivity index is 2.01. The molecule has 0 spiro atoms. The maximum absolute atomic E-state index is 12.8. The molecule has 0 saturated heterocycles. The molecule has 5 heteroatoms. The molecule has 0 aliphatic carbocycles. The van der Waals surface area contributed by atoms with Crippen LogP contribution in [-0.2, 0) is 0 Å². The molecule has 1 aromatic heterocycles. The van der Waals surface area contributed by atoms with Crippen molar-refractivity contribution in [3.8, 4) is 0 Å². The molecule has 3 aromatic rings. The van der Waals surface area contributed by atoms with Gasteiger partial charge in [0, 0.05) is 4.47 Å². The summed E-state index contributed by atoms with van der Waals surface area (Å²) in [6.45, 7) is 0. The van der Waals surface area contributed by atoms with Crippen LogP contribution in [0.1, 0.15) is 27.7 Å². The molecule has 1 unspecified atom stereocenters. The van der Waals surface area contributed by atoms with Crippen LogP contribution in [0.4, 0.5) is 0 Å². The van der Waals surface area contributed by atoms with E-state index in [2.05, 4.69) is 21.2 Å². The number of hydrogen-bond acceptors (Lipinski definition) is 3. The number of carbonyl (C=O) groups excluding carboxylic acids is 1. The molecule has 1 aliphatic heterocycles. The van der Waals surface area contributed by atoms with Gasteiger partial charge in [0.25, 0.3) is 5.91 Å². The van der Waals surface area contributed by atoms with Crippen molar-refractivity contribution in [2.45, 2.75) is 6.04 Å². The minimum Gasteiger partial charge on any atom is -0.450 e. The van der Waals surface area contributed by atoms with Crippen molar-refractivity contribution in [1.82, 2.24) is 5.32 Å². The Bertz CT molecular complexity index is 977. The Morgan fingerprint density at radius 2 is 1.86 bits per heavy atom. The summed E-state index contributed by atoms with van der Waals surface area (Å²) in [6, 6.07) is 14.0. The highest BCUT2D eigenvalue weighted by molar-refractivity contribution is 9.10. The fourth-order valence-corrected chi connectivity index (χ4v) is 3.21. The summed E-state index contributed by atoms with van der Waals surface area (Å²) in [6.07, 6.45) is 0. The van der Waals surface area contributed by atoms with E-state index >= 15 is 0 Å². The summed E-state index contributed by atoms with van der Waals surface area (Å²) in [5.74, 6) is -0.253. The molecular weight excluding hydrogens is 346 g/mol. The lowest BCUT2D eigenvalue weighted by Crippen LogP contribution is -2.21. The van der Waals surface area contributed by atoms with Crippen LogP contribution >= 0.6 is 15.9 Å². The summed E-state index contributed by atoms with van der Waals surface area (Å²) < 4.78 is 6.54. The van der Waals surface area contributed by atoms with E-state index in [1.807, 2.05) is 24.3 Å². The zero-order valence-corrected chi connectivity index (χ0v) is 12.9. The second kappa shape index (κ2) is 4.81. The molecule has 4 nitrogen and oxygen atoms in total. The highest BCUT2D eigenvalue weighted by Gasteiger charge is 2.35. The van der Waals surface area contributed by atoms with Crippen molar-refractivity contribution >= 4 is 32.8 Å². The minimum absolute atomic E-state index is 0.105. The molecule has 1 atom stereocenters. The lowest BCUT2D eigenvalue weighted by molar-refractivity contribution is 0.0938. The number of benzene rings is 2. The van der Waals surface area contributed by atoms with Crippen molar-refractivity contribution in [1.29, 1.82) is 0 Å². The average molecular weight is 356 g/mol. The summed E-state index contributed by atoms with van der Waals surface area (Å²) in [5.41, 5.74) is 1.47. The SMILES string of the molecule is O=C1NC(c2cccc(Br)c2)c2c1oc1ccccc1c2=O. The van der Waals surface area contributed by atoms with Gasteiger partial charge in [-0.05, 0) is 29.8 Å². The third kappa shape index (κ3) is 1.89. The third-order valence-corrected chi connectivity index (χ3v) is 4.28. The van der Waals surface area contributed by atoms with E-state index in [4.69, 9.17) is 4.42 Å². The Labute approximate surface area is 133 Å². The first-order valence-corrected chi connectivity index (χ1v) is 7.56. The lowest BCUT2D eigenvalue weighted by atomic mass is 9.99. The number of para-hydroxylation sites is 1. The Morgan fingerprint density at radius 1 is 1.05 bits per heavy atom. The highest BCUT2D eigenvalue weighted by Crippen LogP contribution is 2.31. The van der Waals surface area contributed by atoms with Gasteiger partial charge in [0.2, 0.25) is 5.76 Å². The van der Waals surface area contributed by atoms with E-state index in [0.717, 1.165) is 10.0 Å². The zero-order chi connectivity index (χ0) is 15.3. The van der Waals surface area contributed by atoms with Crippen LogP contribution in [0.15, 0.2) is 62.2 Å². The predicted molar refractivity (Wildman–Crippen MR) is 85.9 cm³/mol.